The number of aromatic nitrogens is 1. The van der Waals surface area contributed by atoms with Gasteiger partial charge in [-0.3, -0.25) is 14.2 Å². The van der Waals surface area contributed by atoms with Gasteiger partial charge in [-0.15, -0.1) is 0 Å². The van der Waals surface area contributed by atoms with Gasteiger partial charge in [0.05, 0.1) is 28.5 Å². The monoisotopic (exact) mass is 621 g/mol. The Bertz CT molecular complexity index is 1610. The van der Waals surface area contributed by atoms with Gasteiger partial charge < -0.3 is 14.8 Å². The van der Waals surface area contributed by atoms with Crippen LogP contribution in [0.15, 0.2) is 75.7 Å². The first-order valence-corrected chi connectivity index (χ1v) is 14.4. The predicted molar refractivity (Wildman–Crippen MR) is 156 cm³/mol. The van der Waals surface area contributed by atoms with Crippen molar-refractivity contribution in [1.82, 2.24) is 9.88 Å². The highest BCUT2D eigenvalue weighted by Gasteiger charge is 2.36. The standard InChI is InChI=1S/C28H26Cl3N3O5S/c1-4-21(35)33-26(28(29,30)31)39-19-13-11-17(12-14-19)15-20-24(36)34-23(18-9-7-6-8-10-18)22(25(37)38-5-2)16(3)32-27(34)40-20/h6-15,23,26H,4-5H2,1-3H3,(H,33,35)/b20-15+/t23-,26+/m1/s1. The lowest BCUT2D eigenvalue weighted by Crippen LogP contribution is -2.47. The maximum Gasteiger partial charge on any atom is 0.338 e. The summed E-state index contributed by atoms with van der Waals surface area (Å²) in [5.74, 6) is -0.491. The number of carbonyl (C=O) groups is 2. The molecule has 2 aromatic carbocycles. The molecule has 0 saturated heterocycles. The van der Waals surface area contributed by atoms with Gasteiger partial charge in [0.2, 0.25) is 15.9 Å². The second-order valence-electron chi connectivity index (χ2n) is 8.74. The average molecular weight is 623 g/mol. The van der Waals surface area contributed by atoms with E-state index in [-0.39, 0.29) is 24.5 Å². The number of thiazole rings is 1. The van der Waals surface area contributed by atoms with Crippen LogP contribution in [-0.4, -0.2) is 33.1 Å². The molecule has 0 radical (unpaired) electrons. The molecule has 0 saturated carbocycles. The summed E-state index contributed by atoms with van der Waals surface area (Å²) in [7, 11) is 0. The molecule has 210 valence electrons. The molecule has 0 fully saturated rings. The minimum atomic E-state index is -1.90. The summed E-state index contributed by atoms with van der Waals surface area (Å²) in [6.07, 6.45) is 0.724. The molecule has 12 heteroatoms. The molecule has 40 heavy (non-hydrogen) atoms. The first kappa shape index (κ1) is 29.9. The van der Waals surface area contributed by atoms with Crippen LogP contribution in [-0.2, 0) is 14.3 Å². The van der Waals surface area contributed by atoms with E-state index in [1.165, 1.54) is 15.9 Å². The van der Waals surface area contributed by atoms with E-state index in [0.29, 0.717) is 31.9 Å². The fourth-order valence-corrected chi connectivity index (χ4v) is 5.44. The summed E-state index contributed by atoms with van der Waals surface area (Å²) in [5, 5.41) is 2.53. The molecular formula is C28H26Cl3N3O5S. The van der Waals surface area contributed by atoms with Crippen molar-refractivity contribution < 1.29 is 19.1 Å². The molecule has 1 N–H and O–H groups in total. The lowest BCUT2D eigenvalue weighted by molar-refractivity contribution is -0.139. The number of nitrogens with one attached hydrogen (secondary N) is 1. The number of hydrogen-bond acceptors (Lipinski definition) is 7. The molecule has 0 unspecified atom stereocenters. The highest BCUT2D eigenvalue weighted by atomic mass is 35.6. The van der Waals surface area contributed by atoms with E-state index in [9.17, 15) is 14.4 Å². The van der Waals surface area contributed by atoms with Crippen LogP contribution in [0.25, 0.3) is 6.08 Å². The number of halogens is 3. The molecule has 2 heterocycles. The summed E-state index contributed by atoms with van der Waals surface area (Å²) in [5.41, 5.74) is 2.02. The van der Waals surface area contributed by atoms with Crippen LogP contribution in [0.4, 0.5) is 0 Å². The lowest BCUT2D eigenvalue weighted by atomic mass is 9.96. The Kier molecular flexibility index (Phi) is 9.41. The van der Waals surface area contributed by atoms with Gasteiger partial charge in [-0.25, -0.2) is 9.79 Å². The van der Waals surface area contributed by atoms with Crippen molar-refractivity contribution in [3.63, 3.8) is 0 Å². The molecule has 2 atom stereocenters. The molecule has 0 spiro atoms. The Morgan fingerprint density at radius 1 is 1.12 bits per heavy atom. The summed E-state index contributed by atoms with van der Waals surface area (Å²) < 4.78 is 11.1. The summed E-state index contributed by atoms with van der Waals surface area (Å²) in [6, 6.07) is 15.4. The van der Waals surface area contributed by atoms with Gasteiger partial charge in [0.15, 0.2) is 4.80 Å². The van der Waals surface area contributed by atoms with Gasteiger partial charge >= 0.3 is 5.97 Å². The normalized spacial score (nSPS) is 16.1. The number of fused-ring (bicyclic) bond motifs is 1. The van der Waals surface area contributed by atoms with Crippen LogP contribution < -0.4 is 24.9 Å². The highest BCUT2D eigenvalue weighted by Crippen LogP contribution is 2.32. The number of allylic oxidation sites excluding steroid dienone is 1. The Morgan fingerprint density at radius 2 is 1.80 bits per heavy atom. The van der Waals surface area contributed by atoms with Crippen molar-refractivity contribution in [2.75, 3.05) is 6.61 Å². The van der Waals surface area contributed by atoms with Gasteiger partial charge in [0, 0.05) is 6.42 Å². The quantitative estimate of drug-likeness (QED) is 0.228. The first-order valence-electron chi connectivity index (χ1n) is 12.4. The van der Waals surface area contributed by atoms with Crippen LogP contribution in [0.5, 0.6) is 5.75 Å². The van der Waals surface area contributed by atoms with E-state index in [1.54, 1.807) is 51.1 Å². The third kappa shape index (κ3) is 6.61. The van der Waals surface area contributed by atoms with Crippen molar-refractivity contribution in [1.29, 1.82) is 0 Å². The maximum absolute atomic E-state index is 13.7. The molecular weight excluding hydrogens is 597 g/mol. The lowest BCUT2D eigenvalue weighted by Gasteiger charge is -2.26. The van der Waals surface area contributed by atoms with Crippen LogP contribution in [0.3, 0.4) is 0 Å². The van der Waals surface area contributed by atoms with Crippen molar-refractivity contribution >= 4 is 64.1 Å². The van der Waals surface area contributed by atoms with E-state index in [4.69, 9.17) is 44.3 Å². The molecule has 1 amide bonds. The number of nitrogens with zero attached hydrogens (tertiary/aromatic N) is 2. The van der Waals surface area contributed by atoms with Crippen molar-refractivity contribution in [2.24, 2.45) is 4.99 Å². The van der Waals surface area contributed by atoms with Crippen LogP contribution in [0.1, 0.15) is 44.4 Å². The Balaban J connectivity index is 1.71. The molecule has 1 aromatic heterocycles. The largest absolute Gasteiger partial charge is 0.466 e. The van der Waals surface area contributed by atoms with E-state index < -0.39 is 22.0 Å². The Hall–Kier alpha value is -3.11. The second-order valence-corrected chi connectivity index (χ2v) is 12.1. The highest BCUT2D eigenvalue weighted by molar-refractivity contribution is 7.07. The fraction of sp³-hybridized carbons (Fsp3) is 0.286. The molecule has 1 aliphatic heterocycles. The number of carbonyl (C=O) groups excluding carboxylic acids is 2. The number of esters is 1. The van der Waals surface area contributed by atoms with Gasteiger partial charge in [-0.1, -0.05) is 95.5 Å². The van der Waals surface area contributed by atoms with Crippen molar-refractivity contribution in [3.8, 4) is 5.75 Å². The Labute approximate surface area is 249 Å². The predicted octanol–water partition coefficient (Wildman–Crippen LogP) is 4.40. The number of ether oxygens (including phenoxy) is 2. The molecule has 0 bridgehead atoms. The topological polar surface area (TPSA) is 99.0 Å². The van der Waals surface area contributed by atoms with Gasteiger partial charge in [0.25, 0.3) is 5.56 Å². The van der Waals surface area contributed by atoms with Crippen LogP contribution in [0, 0.1) is 0 Å². The average Bonchev–Trinajstić information content (AvgIpc) is 3.22. The van der Waals surface area contributed by atoms with Gasteiger partial charge in [0.1, 0.15) is 5.75 Å². The zero-order valence-corrected chi connectivity index (χ0v) is 24.9. The number of amides is 1. The van der Waals surface area contributed by atoms with Crippen molar-refractivity contribution in [2.45, 2.75) is 43.3 Å². The second kappa shape index (κ2) is 12.6. The third-order valence-corrected chi connectivity index (χ3v) is 7.55. The first-order chi connectivity index (χ1) is 19.0. The summed E-state index contributed by atoms with van der Waals surface area (Å²) in [6.45, 7) is 5.35. The van der Waals surface area contributed by atoms with Crippen LogP contribution >= 0.6 is 46.1 Å². The summed E-state index contributed by atoms with van der Waals surface area (Å²) in [4.78, 5) is 43.5. The van der Waals surface area contributed by atoms with Gasteiger partial charge in [-0.05, 0) is 43.2 Å². The van der Waals surface area contributed by atoms with E-state index in [1.807, 2.05) is 30.3 Å². The number of benzene rings is 2. The van der Waals surface area contributed by atoms with E-state index in [0.717, 1.165) is 5.56 Å². The maximum atomic E-state index is 13.7. The van der Waals surface area contributed by atoms with Gasteiger partial charge in [-0.2, -0.15) is 0 Å². The minimum Gasteiger partial charge on any atom is -0.466 e. The minimum absolute atomic E-state index is 0.197. The number of hydrogen-bond donors (Lipinski definition) is 1. The summed E-state index contributed by atoms with van der Waals surface area (Å²) >= 11 is 19.2. The van der Waals surface area contributed by atoms with Crippen LogP contribution in [0.2, 0.25) is 0 Å². The molecule has 4 rings (SSSR count). The zero-order chi connectivity index (χ0) is 29.0. The van der Waals surface area contributed by atoms with Crippen molar-refractivity contribution in [3.05, 3.63) is 96.7 Å². The number of rotatable bonds is 8. The smallest absolute Gasteiger partial charge is 0.338 e. The Morgan fingerprint density at radius 3 is 2.40 bits per heavy atom. The molecule has 3 aromatic rings. The number of alkyl halides is 3. The molecule has 8 nitrogen and oxygen atoms in total. The molecule has 0 aliphatic carbocycles. The fourth-order valence-electron chi connectivity index (χ4n) is 4.10. The zero-order valence-electron chi connectivity index (χ0n) is 21.8. The van der Waals surface area contributed by atoms with E-state index >= 15 is 0 Å². The van der Waals surface area contributed by atoms with E-state index in [2.05, 4.69) is 10.3 Å². The third-order valence-electron chi connectivity index (χ3n) is 5.97. The SMILES string of the molecule is CCOC(=O)C1=C(C)N=c2s/c(=C/c3ccc(O[C@H](NC(=O)CC)C(Cl)(Cl)Cl)cc3)c(=O)n2[C@@H]1c1ccccc1. The molecule has 1 aliphatic rings.